The van der Waals surface area contributed by atoms with E-state index in [9.17, 15) is 19.2 Å². The van der Waals surface area contributed by atoms with Crippen LogP contribution >= 0.6 is 0 Å². The lowest BCUT2D eigenvalue weighted by Crippen LogP contribution is -2.54. The van der Waals surface area contributed by atoms with E-state index in [1.807, 2.05) is 13.8 Å². The smallest absolute Gasteiger partial charge is 0.328 e. The maximum atomic E-state index is 12.3. The summed E-state index contributed by atoms with van der Waals surface area (Å²) in [6.45, 7) is 2.97. The fourth-order valence-corrected chi connectivity index (χ4v) is 2.26. The summed E-state index contributed by atoms with van der Waals surface area (Å²) in [6.07, 6.45) is 2.08. The van der Waals surface area contributed by atoms with Crippen molar-refractivity contribution in [1.82, 2.24) is 16.0 Å². The second-order valence-electron chi connectivity index (χ2n) is 6.62. The first-order valence-electron chi connectivity index (χ1n) is 9.34. The Morgan fingerprint density at radius 2 is 1.68 bits per heavy atom. The minimum atomic E-state index is -1.48. The van der Waals surface area contributed by atoms with Gasteiger partial charge in [0.05, 0.1) is 19.2 Å². The second-order valence-corrected chi connectivity index (χ2v) is 6.62. The van der Waals surface area contributed by atoms with Crippen LogP contribution in [0.2, 0.25) is 0 Å². The van der Waals surface area contributed by atoms with Gasteiger partial charge in [0.15, 0.2) is 0 Å². The lowest BCUT2D eigenvalue weighted by molar-refractivity contribution is -0.143. The van der Waals surface area contributed by atoms with Crippen LogP contribution in [-0.2, 0) is 19.2 Å². The molecule has 0 fully saturated rings. The highest BCUT2D eigenvalue weighted by molar-refractivity contribution is 5.92. The van der Waals surface area contributed by atoms with Crippen LogP contribution in [0.5, 0.6) is 0 Å². The maximum absolute atomic E-state index is 12.3. The molecule has 162 valence electrons. The van der Waals surface area contributed by atoms with Crippen molar-refractivity contribution in [3.63, 3.8) is 0 Å². The number of nitrogens with one attached hydrogen (secondary N) is 3. The molecule has 0 saturated heterocycles. The average Bonchev–Trinajstić information content (AvgIpc) is 2.67. The van der Waals surface area contributed by atoms with Gasteiger partial charge in [-0.1, -0.05) is 20.3 Å². The summed E-state index contributed by atoms with van der Waals surface area (Å²) >= 11 is 0. The van der Waals surface area contributed by atoms with Crippen molar-refractivity contribution in [1.29, 1.82) is 0 Å². The summed E-state index contributed by atoms with van der Waals surface area (Å²) in [7, 11) is 0. The highest BCUT2D eigenvalue weighted by Gasteiger charge is 2.26. The Morgan fingerprint density at radius 3 is 2.18 bits per heavy atom. The Kier molecular flexibility index (Phi) is 12.7. The lowest BCUT2D eigenvalue weighted by atomic mass is 9.99. The van der Waals surface area contributed by atoms with E-state index < -0.39 is 48.4 Å². The number of aliphatic carboxylic acids is 1. The van der Waals surface area contributed by atoms with Gasteiger partial charge in [-0.15, -0.1) is 0 Å². The summed E-state index contributed by atoms with van der Waals surface area (Å²) in [5.74, 6) is -3.28. The Labute approximate surface area is 164 Å². The highest BCUT2D eigenvalue weighted by Crippen LogP contribution is 2.05. The number of carboxylic acid groups (broad SMARTS) is 1. The zero-order chi connectivity index (χ0) is 21.7. The molecule has 9 N–H and O–H groups in total. The number of nitrogens with two attached hydrogens (primary N) is 2. The van der Waals surface area contributed by atoms with Crippen molar-refractivity contribution >= 4 is 23.7 Å². The van der Waals surface area contributed by atoms with Crippen molar-refractivity contribution in [3.8, 4) is 0 Å². The van der Waals surface area contributed by atoms with Crippen LogP contribution < -0.4 is 27.4 Å². The summed E-state index contributed by atoms with van der Waals surface area (Å²) in [6, 6.07) is -3.25. The van der Waals surface area contributed by atoms with E-state index in [2.05, 4.69) is 16.0 Å². The van der Waals surface area contributed by atoms with Crippen molar-refractivity contribution in [3.05, 3.63) is 0 Å². The third kappa shape index (κ3) is 9.62. The maximum Gasteiger partial charge on any atom is 0.328 e. The van der Waals surface area contributed by atoms with Gasteiger partial charge in [-0.3, -0.25) is 14.4 Å². The van der Waals surface area contributed by atoms with Crippen LogP contribution in [0.1, 0.15) is 39.5 Å². The van der Waals surface area contributed by atoms with Crippen LogP contribution in [0.25, 0.3) is 0 Å². The van der Waals surface area contributed by atoms with E-state index >= 15 is 0 Å². The number of aliphatic hydroxyl groups excluding tert-OH is 1. The standard InChI is InChI=1S/C17H33N5O6/c1-3-10(2)14(19)16(26)20-8-13(24)21-11(6-4-5-7-18)15(25)22-12(9-23)17(27)28/h10-12,14,23H,3-9,18-19H2,1-2H3,(H,20,26)(H,21,24)(H,22,25)(H,27,28). The Hall–Kier alpha value is -2.24. The molecule has 0 aromatic carbocycles. The largest absolute Gasteiger partial charge is 0.480 e. The van der Waals surface area contributed by atoms with Gasteiger partial charge in [-0.25, -0.2) is 4.79 Å². The zero-order valence-corrected chi connectivity index (χ0v) is 16.4. The molecule has 4 unspecified atom stereocenters. The molecule has 0 aliphatic heterocycles. The van der Waals surface area contributed by atoms with E-state index in [4.69, 9.17) is 21.7 Å². The molecule has 0 bridgehead atoms. The molecule has 11 nitrogen and oxygen atoms in total. The Balaban J connectivity index is 4.80. The normalized spacial score (nSPS) is 15.0. The van der Waals surface area contributed by atoms with Gasteiger partial charge in [0.25, 0.3) is 0 Å². The number of amides is 3. The van der Waals surface area contributed by atoms with Gasteiger partial charge in [0.1, 0.15) is 12.1 Å². The number of rotatable bonds is 14. The summed E-state index contributed by atoms with van der Waals surface area (Å²) in [4.78, 5) is 47.3. The molecular weight excluding hydrogens is 370 g/mol. The fourth-order valence-electron chi connectivity index (χ4n) is 2.26. The molecule has 0 rings (SSSR count). The van der Waals surface area contributed by atoms with Crippen LogP contribution in [-0.4, -0.2) is 71.7 Å². The molecule has 0 saturated carbocycles. The molecule has 0 radical (unpaired) electrons. The van der Waals surface area contributed by atoms with E-state index in [0.29, 0.717) is 25.8 Å². The molecule has 28 heavy (non-hydrogen) atoms. The Morgan fingerprint density at radius 1 is 1.04 bits per heavy atom. The summed E-state index contributed by atoms with van der Waals surface area (Å²) in [5, 5.41) is 25.0. The average molecular weight is 403 g/mol. The topological polar surface area (TPSA) is 197 Å². The molecule has 3 amide bonds. The van der Waals surface area contributed by atoms with Crippen molar-refractivity contribution in [2.24, 2.45) is 17.4 Å². The fraction of sp³-hybridized carbons (Fsp3) is 0.765. The summed E-state index contributed by atoms with van der Waals surface area (Å²) < 4.78 is 0. The van der Waals surface area contributed by atoms with Gasteiger partial charge in [-0.2, -0.15) is 0 Å². The van der Waals surface area contributed by atoms with Crippen molar-refractivity contribution in [2.45, 2.75) is 57.7 Å². The van der Waals surface area contributed by atoms with Gasteiger partial charge in [0, 0.05) is 0 Å². The molecule has 0 heterocycles. The predicted molar refractivity (Wildman–Crippen MR) is 102 cm³/mol. The monoisotopic (exact) mass is 403 g/mol. The number of aliphatic hydroxyl groups is 1. The second kappa shape index (κ2) is 13.9. The minimum absolute atomic E-state index is 0.0516. The quantitative estimate of drug-likeness (QED) is 0.156. The SMILES string of the molecule is CCC(C)C(N)C(=O)NCC(=O)NC(CCCCN)C(=O)NC(CO)C(=O)O. The van der Waals surface area contributed by atoms with E-state index in [1.165, 1.54) is 0 Å². The first-order valence-corrected chi connectivity index (χ1v) is 9.34. The molecule has 11 heteroatoms. The minimum Gasteiger partial charge on any atom is -0.480 e. The van der Waals surface area contributed by atoms with E-state index in [0.717, 1.165) is 0 Å². The van der Waals surface area contributed by atoms with Gasteiger partial charge >= 0.3 is 5.97 Å². The van der Waals surface area contributed by atoms with Crippen LogP contribution in [0.4, 0.5) is 0 Å². The molecule has 0 spiro atoms. The van der Waals surface area contributed by atoms with Gasteiger partial charge < -0.3 is 37.6 Å². The highest BCUT2D eigenvalue weighted by atomic mass is 16.4. The van der Waals surface area contributed by atoms with Crippen LogP contribution in [0, 0.1) is 5.92 Å². The van der Waals surface area contributed by atoms with Crippen LogP contribution in [0.15, 0.2) is 0 Å². The van der Waals surface area contributed by atoms with E-state index in [-0.39, 0.29) is 18.9 Å². The molecular formula is C17H33N5O6. The number of carboxylic acids is 1. The zero-order valence-electron chi connectivity index (χ0n) is 16.4. The number of carbonyl (C=O) groups excluding carboxylic acids is 3. The van der Waals surface area contributed by atoms with Crippen LogP contribution in [0.3, 0.4) is 0 Å². The third-order valence-electron chi connectivity index (χ3n) is 4.38. The molecule has 0 aromatic heterocycles. The number of hydrogen-bond donors (Lipinski definition) is 7. The predicted octanol–water partition coefficient (Wildman–Crippen LogP) is -2.35. The molecule has 0 aliphatic carbocycles. The molecule has 0 aliphatic rings. The first kappa shape index (κ1) is 25.8. The van der Waals surface area contributed by atoms with Crippen molar-refractivity contribution < 1.29 is 29.4 Å². The third-order valence-corrected chi connectivity index (χ3v) is 4.38. The lowest BCUT2D eigenvalue weighted by Gasteiger charge is -2.21. The molecule has 0 aromatic rings. The number of unbranched alkanes of at least 4 members (excludes halogenated alkanes) is 1. The first-order chi connectivity index (χ1) is 13.2. The van der Waals surface area contributed by atoms with Gasteiger partial charge in [-0.05, 0) is 31.7 Å². The number of hydrogen-bond acceptors (Lipinski definition) is 7. The Bertz CT molecular complexity index is 530. The van der Waals surface area contributed by atoms with Gasteiger partial charge in [0.2, 0.25) is 17.7 Å². The summed E-state index contributed by atoms with van der Waals surface area (Å²) in [5.41, 5.74) is 11.2. The number of carbonyl (C=O) groups is 4. The van der Waals surface area contributed by atoms with E-state index in [1.54, 1.807) is 0 Å². The molecule has 4 atom stereocenters. The van der Waals surface area contributed by atoms with Crippen molar-refractivity contribution in [2.75, 3.05) is 19.7 Å².